The third kappa shape index (κ3) is 3.08. The molecule has 94 valence electrons. The second kappa shape index (κ2) is 4.88. The number of carbonyl (C=O) groups excluding carboxylic acids is 1. The number of rotatable bonds is 3. The van der Waals surface area contributed by atoms with Gasteiger partial charge in [-0.25, -0.2) is 0 Å². The number of aryl methyl sites for hydroxylation is 1. The number of nitro benzene ring substituents is 1. The van der Waals surface area contributed by atoms with Crippen LogP contribution in [0.25, 0.3) is 0 Å². The summed E-state index contributed by atoms with van der Waals surface area (Å²) in [7, 11) is 0. The van der Waals surface area contributed by atoms with Crippen LogP contribution in [0.1, 0.15) is 29.8 Å². The Kier molecular flexibility index (Phi) is 3.72. The molecule has 0 radical (unpaired) electrons. The minimum Gasteiger partial charge on any atom is -0.336 e. The Morgan fingerprint density at radius 1 is 1.50 bits per heavy atom. The van der Waals surface area contributed by atoms with Crippen molar-refractivity contribution in [2.75, 3.05) is 0 Å². The van der Waals surface area contributed by atoms with Crippen LogP contribution in [0.5, 0.6) is 0 Å². The van der Waals surface area contributed by atoms with Crippen LogP contribution >= 0.6 is 0 Å². The van der Waals surface area contributed by atoms with Crippen molar-refractivity contribution in [1.29, 1.82) is 0 Å². The molecule has 0 aromatic heterocycles. The molecule has 0 aliphatic carbocycles. The molecule has 1 aromatic carbocycles. The molecule has 0 aliphatic heterocycles. The van der Waals surface area contributed by atoms with E-state index in [0.29, 0.717) is 11.1 Å². The maximum atomic E-state index is 11.9. The summed E-state index contributed by atoms with van der Waals surface area (Å²) in [6.45, 7) is 4.98. The lowest BCUT2D eigenvalue weighted by Crippen LogP contribution is -2.42. The Hall–Kier alpha value is -2.35. The summed E-state index contributed by atoms with van der Waals surface area (Å²) in [5, 5.41) is 13.3. The predicted molar refractivity (Wildman–Crippen MR) is 68.2 cm³/mol. The Balaban J connectivity index is 3.00. The summed E-state index contributed by atoms with van der Waals surface area (Å²) in [5.41, 5.74) is 0.0163. The highest BCUT2D eigenvalue weighted by Gasteiger charge is 2.19. The zero-order valence-corrected chi connectivity index (χ0v) is 10.5. The fourth-order valence-corrected chi connectivity index (χ4v) is 1.39. The molecule has 0 unspecified atom stereocenters. The van der Waals surface area contributed by atoms with Crippen LogP contribution in [0.15, 0.2) is 18.2 Å². The highest BCUT2D eigenvalue weighted by molar-refractivity contribution is 5.95. The lowest BCUT2D eigenvalue weighted by Gasteiger charge is -2.19. The second-order valence-electron chi connectivity index (χ2n) is 4.48. The summed E-state index contributed by atoms with van der Waals surface area (Å²) in [6, 6.07) is 4.19. The number of benzene rings is 1. The van der Waals surface area contributed by atoms with Gasteiger partial charge >= 0.3 is 0 Å². The third-order valence-corrected chi connectivity index (χ3v) is 2.44. The molecule has 1 N–H and O–H groups in total. The van der Waals surface area contributed by atoms with Gasteiger partial charge in [0.25, 0.3) is 11.6 Å². The minimum atomic E-state index is -0.757. The lowest BCUT2D eigenvalue weighted by molar-refractivity contribution is -0.385. The zero-order valence-electron chi connectivity index (χ0n) is 10.5. The number of nitro groups is 1. The molecule has 5 heteroatoms. The van der Waals surface area contributed by atoms with Gasteiger partial charge < -0.3 is 5.32 Å². The van der Waals surface area contributed by atoms with Gasteiger partial charge in [0.1, 0.15) is 0 Å². The summed E-state index contributed by atoms with van der Waals surface area (Å²) < 4.78 is 0. The van der Waals surface area contributed by atoms with Crippen molar-refractivity contribution >= 4 is 11.6 Å². The molecule has 0 saturated carbocycles. The molecule has 1 rings (SSSR count). The van der Waals surface area contributed by atoms with Gasteiger partial charge in [-0.3, -0.25) is 14.9 Å². The average Bonchev–Trinajstić information content (AvgIpc) is 2.27. The molecule has 0 heterocycles. The van der Waals surface area contributed by atoms with Crippen LogP contribution in [-0.2, 0) is 0 Å². The standard InChI is InChI=1S/C13H14N2O3/c1-5-13(3,4)14-12(16)10-6-7-11(15(17)18)9(2)8-10/h1,6-8H,2-4H3,(H,14,16). The largest absolute Gasteiger partial charge is 0.336 e. The van der Waals surface area contributed by atoms with E-state index < -0.39 is 10.5 Å². The van der Waals surface area contributed by atoms with E-state index in [1.54, 1.807) is 20.8 Å². The molecule has 5 nitrogen and oxygen atoms in total. The minimum absolute atomic E-state index is 0.0113. The van der Waals surface area contributed by atoms with Gasteiger partial charge in [0.2, 0.25) is 0 Å². The quantitative estimate of drug-likeness (QED) is 0.504. The van der Waals surface area contributed by atoms with Crippen molar-refractivity contribution in [3.05, 3.63) is 39.4 Å². The number of hydrogen-bond donors (Lipinski definition) is 1. The Morgan fingerprint density at radius 3 is 2.56 bits per heavy atom. The molecule has 18 heavy (non-hydrogen) atoms. The van der Waals surface area contributed by atoms with Crippen molar-refractivity contribution < 1.29 is 9.72 Å². The van der Waals surface area contributed by atoms with Crippen molar-refractivity contribution in [2.24, 2.45) is 0 Å². The average molecular weight is 246 g/mol. The molecule has 0 bridgehead atoms. The van der Waals surface area contributed by atoms with E-state index in [1.165, 1.54) is 18.2 Å². The first-order chi connectivity index (χ1) is 8.26. The molecule has 0 aliphatic rings. The molecular formula is C13H14N2O3. The molecule has 0 saturated heterocycles. The summed E-state index contributed by atoms with van der Waals surface area (Å²) in [4.78, 5) is 22.0. The second-order valence-corrected chi connectivity index (χ2v) is 4.48. The maximum absolute atomic E-state index is 11.9. The normalized spacial score (nSPS) is 10.6. The zero-order chi connectivity index (χ0) is 13.9. The van der Waals surface area contributed by atoms with Crippen molar-refractivity contribution in [3.63, 3.8) is 0 Å². The smallest absolute Gasteiger partial charge is 0.272 e. The Bertz CT molecular complexity index is 542. The number of nitrogens with one attached hydrogen (secondary N) is 1. The van der Waals surface area contributed by atoms with Gasteiger partial charge in [-0.1, -0.05) is 5.92 Å². The van der Waals surface area contributed by atoms with E-state index in [2.05, 4.69) is 11.2 Å². The van der Waals surface area contributed by atoms with Gasteiger partial charge in [0.05, 0.1) is 10.5 Å². The molecule has 0 spiro atoms. The molecule has 1 amide bonds. The first kappa shape index (κ1) is 13.7. The molecule has 0 fully saturated rings. The molecule has 0 atom stereocenters. The third-order valence-electron chi connectivity index (χ3n) is 2.44. The van der Waals surface area contributed by atoms with E-state index in [9.17, 15) is 14.9 Å². The summed E-state index contributed by atoms with van der Waals surface area (Å²) in [6.07, 6.45) is 5.27. The van der Waals surface area contributed by atoms with Crippen molar-refractivity contribution in [1.82, 2.24) is 5.32 Å². The fourth-order valence-electron chi connectivity index (χ4n) is 1.39. The number of hydrogen-bond acceptors (Lipinski definition) is 3. The summed E-state index contributed by atoms with van der Waals surface area (Å²) >= 11 is 0. The van der Waals surface area contributed by atoms with Crippen LogP contribution in [0.4, 0.5) is 5.69 Å². The van der Waals surface area contributed by atoms with Crippen LogP contribution in [0.2, 0.25) is 0 Å². The number of amides is 1. The molecular weight excluding hydrogens is 232 g/mol. The van der Waals surface area contributed by atoms with Crippen LogP contribution in [0, 0.1) is 29.4 Å². The molecule has 1 aromatic rings. The topological polar surface area (TPSA) is 72.2 Å². The van der Waals surface area contributed by atoms with E-state index in [-0.39, 0.29) is 11.6 Å². The number of terminal acetylenes is 1. The number of nitrogens with zero attached hydrogens (tertiary/aromatic N) is 1. The van der Waals surface area contributed by atoms with Crippen LogP contribution in [-0.4, -0.2) is 16.4 Å². The van der Waals surface area contributed by atoms with Gasteiger partial charge in [0, 0.05) is 17.2 Å². The highest BCUT2D eigenvalue weighted by Crippen LogP contribution is 2.19. The van der Waals surface area contributed by atoms with E-state index >= 15 is 0 Å². The highest BCUT2D eigenvalue weighted by atomic mass is 16.6. The van der Waals surface area contributed by atoms with Gasteiger partial charge in [-0.05, 0) is 32.9 Å². The van der Waals surface area contributed by atoms with Crippen molar-refractivity contribution in [3.8, 4) is 12.3 Å². The van der Waals surface area contributed by atoms with Crippen molar-refractivity contribution in [2.45, 2.75) is 26.3 Å². The summed E-state index contributed by atoms with van der Waals surface area (Å²) in [5.74, 6) is 2.10. The lowest BCUT2D eigenvalue weighted by atomic mass is 10.0. The Labute approximate surface area is 105 Å². The fraction of sp³-hybridized carbons (Fsp3) is 0.308. The predicted octanol–water partition coefficient (Wildman–Crippen LogP) is 2.04. The first-order valence-corrected chi connectivity index (χ1v) is 5.32. The van der Waals surface area contributed by atoms with Gasteiger partial charge in [-0.15, -0.1) is 6.42 Å². The van der Waals surface area contributed by atoms with E-state index in [1.807, 2.05) is 0 Å². The van der Waals surface area contributed by atoms with Crippen LogP contribution in [0.3, 0.4) is 0 Å². The maximum Gasteiger partial charge on any atom is 0.272 e. The Morgan fingerprint density at radius 2 is 2.11 bits per heavy atom. The van der Waals surface area contributed by atoms with Crippen LogP contribution < -0.4 is 5.32 Å². The van der Waals surface area contributed by atoms with Gasteiger partial charge in [-0.2, -0.15) is 0 Å². The van der Waals surface area contributed by atoms with Gasteiger partial charge in [0.15, 0.2) is 0 Å². The number of carbonyl (C=O) groups is 1. The van der Waals surface area contributed by atoms with E-state index in [0.717, 1.165) is 0 Å². The van der Waals surface area contributed by atoms with E-state index in [4.69, 9.17) is 6.42 Å². The first-order valence-electron chi connectivity index (χ1n) is 5.32. The SMILES string of the molecule is C#CC(C)(C)NC(=O)c1ccc([N+](=O)[O-])c(C)c1. The monoisotopic (exact) mass is 246 g/mol.